The standard InChI is InChI=1S/C13H19N3O/c1-10(8-13(14)15)16-6-7-17-12-5-3-2-4-11(12)9-16/h2-5,10H,6-9H2,1H3,(H3,14,15). The Morgan fingerprint density at radius 3 is 3.06 bits per heavy atom. The number of ether oxygens (including phenoxy) is 1. The maximum atomic E-state index is 7.36. The van der Waals surface area contributed by atoms with Crippen LogP contribution in [0.1, 0.15) is 18.9 Å². The van der Waals surface area contributed by atoms with Crippen LogP contribution in [0.5, 0.6) is 5.75 Å². The number of nitrogens with two attached hydrogens (primary N) is 1. The molecule has 1 atom stereocenters. The van der Waals surface area contributed by atoms with E-state index in [1.165, 1.54) is 5.56 Å². The molecule has 17 heavy (non-hydrogen) atoms. The molecule has 0 saturated heterocycles. The molecular weight excluding hydrogens is 214 g/mol. The minimum Gasteiger partial charge on any atom is -0.492 e. The van der Waals surface area contributed by atoms with Crippen LogP contribution in [0.4, 0.5) is 0 Å². The van der Waals surface area contributed by atoms with Gasteiger partial charge in [0.15, 0.2) is 0 Å². The topological polar surface area (TPSA) is 62.3 Å². The Bertz CT molecular complexity index is 405. The summed E-state index contributed by atoms with van der Waals surface area (Å²) in [5, 5.41) is 7.36. The number of para-hydroxylation sites is 1. The molecule has 0 saturated carbocycles. The van der Waals surface area contributed by atoms with E-state index < -0.39 is 0 Å². The molecule has 0 spiro atoms. The van der Waals surface area contributed by atoms with Crippen molar-refractivity contribution in [3.05, 3.63) is 29.8 Å². The van der Waals surface area contributed by atoms with E-state index in [0.717, 1.165) is 18.8 Å². The maximum absolute atomic E-state index is 7.36. The summed E-state index contributed by atoms with van der Waals surface area (Å²) in [5.74, 6) is 1.22. The van der Waals surface area contributed by atoms with Crippen LogP contribution in [-0.2, 0) is 6.54 Å². The summed E-state index contributed by atoms with van der Waals surface area (Å²) in [6.07, 6.45) is 0.613. The summed E-state index contributed by atoms with van der Waals surface area (Å²) in [6.45, 7) is 4.54. The van der Waals surface area contributed by atoms with Gasteiger partial charge >= 0.3 is 0 Å². The molecule has 1 aromatic rings. The highest BCUT2D eigenvalue weighted by atomic mass is 16.5. The maximum Gasteiger partial charge on any atom is 0.123 e. The Morgan fingerprint density at radius 2 is 2.29 bits per heavy atom. The molecule has 1 aliphatic heterocycles. The van der Waals surface area contributed by atoms with E-state index in [1.807, 2.05) is 18.2 Å². The second kappa shape index (κ2) is 5.19. The van der Waals surface area contributed by atoms with Gasteiger partial charge in [0.2, 0.25) is 0 Å². The van der Waals surface area contributed by atoms with Crippen molar-refractivity contribution in [2.45, 2.75) is 25.9 Å². The van der Waals surface area contributed by atoms with Gasteiger partial charge in [0, 0.05) is 31.1 Å². The second-order valence-electron chi connectivity index (χ2n) is 4.51. The highest BCUT2D eigenvalue weighted by Crippen LogP contribution is 2.23. The van der Waals surface area contributed by atoms with Crippen molar-refractivity contribution >= 4 is 5.84 Å². The highest BCUT2D eigenvalue weighted by Gasteiger charge is 2.19. The molecule has 0 aliphatic carbocycles. The predicted octanol–water partition coefficient (Wildman–Crippen LogP) is 1.60. The minimum absolute atomic E-state index is 0.246. The third-order valence-electron chi connectivity index (χ3n) is 3.12. The van der Waals surface area contributed by atoms with Crippen molar-refractivity contribution in [3.63, 3.8) is 0 Å². The number of nitrogens with one attached hydrogen (secondary N) is 1. The summed E-state index contributed by atoms with van der Waals surface area (Å²) in [4.78, 5) is 2.31. The van der Waals surface area contributed by atoms with E-state index >= 15 is 0 Å². The zero-order valence-electron chi connectivity index (χ0n) is 10.1. The molecule has 2 rings (SSSR count). The van der Waals surface area contributed by atoms with Crippen molar-refractivity contribution in [1.82, 2.24) is 4.90 Å². The van der Waals surface area contributed by atoms with Crippen LogP contribution in [0.3, 0.4) is 0 Å². The Hall–Kier alpha value is -1.55. The van der Waals surface area contributed by atoms with Crippen LogP contribution < -0.4 is 10.5 Å². The van der Waals surface area contributed by atoms with Crippen LogP contribution in [0, 0.1) is 5.41 Å². The van der Waals surface area contributed by atoms with Gasteiger partial charge in [-0.25, -0.2) is 0 Å². The van der Waals surface area contributed by atoms with E-state index in [0.29, 0.717) is 13.0 Å². The molecule has 3 N–H and O–H groups in total. The smallest absolute Gasteiger partial charge is 0.123 e. The van der Waals surface area contributed by atoms with Gasteiger partial charge in [-0.2, -0.15) is 0 Å². The van der Waals surface area contributed by atoms with Gasteiger partial charge in [0.1, 0.15) is 12.4 Å². The van der Waals surface area contributed by atoms with Crippen LogP contribution in [0.2, 0.25) is 0 Å². The molecule has 1 heterocycles. The summed E-state index contributed by atoms with van der Waals surface area (Å²) in [5.41, 5.74) is 6.67. The van der Waals surface area contributed by atoms with Crippen LogP contribution in [0.15, 0.2) is 24.3 Å². The van der Waals surface area contributed by atoms with Gasteiger partial charge in [-0.15, -0.1) is 0 Å². The van der Waals surface area contributed by atoms with Crippen LogP contribution in [-0.4, -0.2) is 29.9 Å². The van der Waals surface area contributed by atoms with Gasteiger partial charge in [-0.3, -0.25) is 10.3 Å². The number of nitrogens with zero attached hydrogens (tertiary/aromatic N) is 1. The Kier molecular flexibility index (Phi) is 3.64. The zero-order valence-corrected chi connectivity index (χ0v) is 10.1. The molecular formula is C13H19N3O. The number of benzene rings is 1. The third-order valence-corrected chi connectivity index (χ3v) is 3.12. The normalized spacial score (nSPS) is 17.7. The number of hydrogen-bond donors (Lipinski definition) is 2. The Labute approximate surface area is 102 Å². The zero-order chi connectivity index (χ0) is 12.3. The lowest BCUT2D eigenvalue weighted by Gasteiger charge is -2.26. The van der Waals surface area contributed by atoms with E-state index in [-0.39, 0.29) is 11.9 Å². The van der Waals surface area contributed by atoms with Gasteiger partial charge in [0.05, 0.1) is 5.84 Å². The molecule has 0 amide bonds. The fourth-order valence-electron chi connectivity index (χ4n) is 2.17. The average Bonchev–Trinajstić information content (AvgIpc) is 2.49. The molecule has 92 valence electrons. The molecule has 1 unspecified atom stereocenters. The second-order valence-corrected chi connectivity index (χ2v) is 4.51. The van der Waals surface area contributed by atoms with Gasteiger partial charge in [-0.05, 0) is 13.0 Å². The third kappa shape index (κ3) is 2.97. The predicted molar refractivity (Wildman–Crippen MR) is 68.3 cm³/mol. The summed E-state index contributed by atoms with van der Waals surface area (Å²) >= 11 is 0. The van der Waals surface area contributed by atoms with Crippen LogP contribution in [0.25, 0.3) is 0 Å². The highest BCUT2D eigenvalue weighted by molar-refractivity contribution is 5.77. The van der Waals surface area contributed by atoms with E-state index in [1.54, 1.807) is 0 Å². The number of fused-ring (bicyclic) bond motifs is 1. The van der Waals surface area contributed by atoms with Crippen LogP contribution >= 0.6 is 0 Å². The molecule has 1 aliphatic rings. The first-order valence-electron chi connectivity index (χ1n) is 5.94. The van der Waals surface area contributed by atoms with Crippen molar-refractivity contribution in [2.75, 3.05) is 13.2 Å². The first-order chi connectivity index (χ1) is 8.16. The summed E-state index contributed by atoms with van der Waals surface area (Å²) in [6, 6.07) is 8.40. The Balaban J connectivity index is 2.10. The lowest BCUT2D eigenvalue weighted by molar-refractivity contribution is 0.182. The van der Waals surface area contributed by atoms with Gasteiger partial charge in [-0.1, -0.05) is 18.2 Å². The number of rotatable bonds is 3. The van der Waals surface area contributed by atoms with E-state index in [4.69, 9.17) is 15.9 Å². The molecule has 1 aromatic carbocycles. The lowest BCUT2D eigenvalue weighted by Crippen LogP contribution is -2.37. The van der Waals surface area contributed by atoms with Gasteiger partial charge in [0.25, 0.3) is 0 Å². The SMILES string of the molecule is CC(CC(=N)N)N1CCOc2ccccc2C1. The van der Waals surface area contributed by atoms with Crippen molar-refractivity contribution in [3.8, 4) is 5.75 Å². The van der Waals surface area contributed by atoms with Crippen molar-refractivity contribution in [2.24, 2.45) is 5.73 Å². The molecule has 0 aromatic heterocycles. The summed E-state index contributed by atoms with van der Waals surface area (Å²) < 4.78 is 5.71. The molecule has 4 nitrogen and oxygen atoms in total. The van der Waals surface area contributed by atoms with Crippen molar-refractivity contribution < 1.29 is 4.74 Å². The lowest BCUT2D eigenvalue weighted by atomic mass is 10.1. The molecule has 0 fully saturated rings. The first kappa shape index (κ1) is 11.9. The van der Waals surface area contributed by atoms with Crippen molar-refractivity contribution in [1.29, 1.82) is 5.41 Å². The fraction of sp³-hybridized carbons (Fsp3) is 0.462. The monoisotopic (exact) mass is 233 g/mol. The Morgan fingerprint density at radius 1 is 1.53 bits per heavy atom. The quantitative estimate of drug-likeness (QED) is 0.615. The minimum atomic E-state index is 0.246. The molecule has 4 heteroatoms. The first-order valence-corrected chi connectivity index (χ1v) is 5.94. The van der Waals surface area contributed by atoms with Gasteiger partial charge < -0.3 is 10.5 Å². The number of amidine groups is 1. The van der Waals surface area contributed by atoms with E-state index in [2.05, 4.69) is 17.9 Å². The van der Waals surface area contributed by atoms with E-state index in [9.17, 15) is 0 Å². The molecule has 0 radical (unpaired) electrons. The average molecular weight is 233 g/mol. The number of hydrogen-bond acceptors (Lipinski definition) is 3. The summed E-state index contributed by atoms with van der Waals surface area (Å²) in [7, 11) is 0. The molecule has 0 bridgehead atoms. The largest absolute Gasteiger partial charge is 0.492 e. The fourth-order valence-corrected chi connectivity index (χ4v) is 2.17.